The number of hydrogen-bond donors (Lipinski definition) is 2. The van der Waals surface area contributed by atoms with Crippen molar-refractivity contribution in [3.8, 4) is 0 Å². The smallest absolute Gasteiger partial charge is 0.237 e. The van der Waals surface area contributed by atoms with Gasteiger partial charge in [0.25, 0.3) is 0 Å². The molecule has 0 spiro atoms. The largest absolute Gasteiger partial charge is 0.370 e. The van der Waals surface area contributed by atoms with E-state index in [1.165, 1.54) is 36.0 Å². The molecule has 2 rings (SSSR count). The van der Waals surface area contributed by atoms with Gasteiger partial charge in [-0.25, -0.2) is 4.39 Å². The van der Waals surface area contributed by atoms with Crippen molar-refractivity contribution in [2.75, 3.05) is 5.32 Å². The van der Waals surface area contributed by atoms with Crippen LogP contribution >= 0.6 is 11.8 Å². The van der Waals surface area contributed by atoms with Gasteiger partial charge in [-0.05, 0) is 38.1 Å². The lowest BCUT2D eigenvalue weighted by atomic mass is 10.3. The fourth-order valence-corrected chi connectivity index (χ4v) is 3.06. The van der Waals surface area contributed by atoms with Crippen molar-refractivity contribution < 1.29 is 14.0 Å². The molecule has 0 unspecified atom stereocenters. The van der Waals surface area contributed by atoms with Gasteiger partial charge in [0, 0.05) is 25.1 Å². The number of thioether (sulfide) groups is 1. The minimum absolute atomic E-state index is 0.198. The van der Waals surface area contributed by atoms with Gasteiger partial charge in [0.1, 0.15) is 11.6 Å². The Morgan fingerprint density at radius 2 is 2.00 bits per heavy atom. The molecule has 1 aromatic heterocycles. The lowest BCUT2D eigenvalue weighted by Crippen LogP contribution is -2.23. The zero-order chi connectivity index (χ0) is 18.4. The Kier molecular flexibility index (Phi) is 6.51. The van der Waals surface area contributed by atoms with Crippen LogP contribution < -0.4 is 11.1 Å². The minimum Gasteiger partial charge on any atom is -0.370 e. The van der Waals surface area contributed by atoms with Gasteiger partial charge in [-0.3, -0.25) is 9.59 Å². The molecular formula is C16H20FN5O2S. The molecule has 1 heterocycles. The first-order chi connectivity index (χ1) is 11.9. The maximum Gasteiger partial charge on any atom is 0.237 e. The van der Waals surface area contributed by atoms with Crippen LogP contribution in [0.1, 0.15) is 26.1 Å². The molecule has 0 bridgehead atoms. The fraction of sp³-hybridized carbons (Fsp3) is 0.375. The normalized spacial score (nSPS) is 12.0. The number of nitrogens with two attached hydrogens (primary N) is 1. The van der Waals surface area contributed by atoms with Crippen LogP contribution in [0.2, 0.25) is 0 Å². The number of nitrogens with one attached hydrogen (secondary N) is 1. The Balaban J connectivity index is 2.01. The van der Waals surface area contributed by atoms with E-state index in [1.54, 1.807) is 6.92 Å². The fourth-order valence-electron chi connectivity index (χ4n) is 2.13. The van der Waals surface area contributed by atoms with Crippen LogP contribution in [0, 0.1) is 5.82 Å². The number of amides is 2. The van der Waals surface area contributed by atoms with Crippen molar-refractivity contribution >= 4 is 29.3 Å². The second-order valence-corrected chi connectivity index (χ2v) is 6.67. The van der Waals surface area contributed by atoms with Crippen LogP contribution in [0.3, 0.4) is 0 Å². The molecule has 3 N–H and O–H groups in total. The summed E-state index contributed by atoms with van der Waals surface area (Å²) < 4.78 is 14.8. The topological polar surface area (TPSA) is 103 Å². The molecule has 0 aliphatic heterocycles. The Labute approximate surface area is 149 Å². The van der Waals surface area contributed by atoms with E-state index in [9.17, 15) is 14.0 Å². The van der Waals surface area contributed by atoms with Crippen molar-refractivity contribution in [3.63, 3.8) is 0 Å². The zero-order valence-electron chi connectivity index (χ0n) is 14.0. The Morgan fingerprint density at radius 1 is 1.32 bits per heavy atom. The minimum atomic E-state index is -0.427. The third-order valence-corrected chi connectivity index (χ3v) is 4.55. The molecule has 7 nitrogen and oxygen atoms in total. The second-order valence-electron chi connectivity index (χ2n) is 5.37. The van der Waals surface area contributed by atoms with Crippen LogP contribution in [-0.2, 0) is 22.6 Å². The van der Waals surface area contributed by atoms with Gasteiger partial charge >= 0.3 is 0 Å². The SMILES string of the molecule is CCn1c(CCC(N)=O)nnc1S[C@@H](C)C(=O)Nc1ccc(F)cc1. The number of nitrogens with zero attached hydrogens (tertiary/aromatic N) is 3. The van der Waals surface area contributed by atoms with E-state index in [1.807, 2.05) is 11.5 Å². The maximum atomic E-state index is 12.9. The molecule has 9 heteroatoms. The average molecular weight is 365 g/mol. The number of anilines is 1. The van der Waals surface area contributed by atoms with Gasteiger partial charge in [0.15, 0.2) is 5.16 Å². The van der Waals surface area contributed by atoms with E-state index < -0.39 is 11.2 Å². The lowest BCUT2D eigenvalue weighted by molar-refractivity contribution is -0.118. The first-order valence-corrected chi connectivity index (χ1v) is 8.72. The van der Waals surface area contributed by atoms with Crippen LogP contribution in [0.15, 0.2) is 29.4 Å². The molecule has 1 atom stereocenters. The number of aromatic nitrogens is 3. The van der Waals surface area contributed by atoms with E-state index in [0.717, 1.165) is 0 Å². The summed E-state index contributed by atoms with van der Waals surface area (Å²) in [6, 6.07) is 5.57. The highest BCUT2D eigenvalue weighted by atomic mass is 32.2. The molecule has 2 amide bonds. The number of carbonyl (C=O) groups excluding carboxylic acids is 2. The number of benzene rings is 1. The molecule has 0 saturated carbocycles. The van der Waals surface area contributed by atoms with E-state index >= 15 is 0 Å². The number of carbonyl (C=O) groups is 2. The van der Waals surface area contributed by atoms with Crippen LogP contribution in [0.5, 0.6) is 0 Å². The van der Waals surface area contributed by atoms with Gasteiger partial charge in [-0.15, -0.1) is 10.2 Å². The van der Waals surface area contributed by atoms with E-state index in [2.05, 4.69) is 15.5 Å². The summed E-state index contributed by atoms with van der Waals surface area (Å²) >= 11 is 1.27. The zero-order valence-corrected chi connectivity index (χ0v) is 14.8. The standard InChI is InChI=1S/C16H20FN5O2S/c1-3-22-14(9-8-13(18)23)20-21-16(22)25-10(2)15(24)19-12-6-4-11(17)5-7-12/h4-7,10H,3,8-9H2,1-2H3,(H2,18,23)(H,19,24)/t10-/m0/s1. The predicted octanol–water partition coefficient (Wildman–Crippen LogP) is 1.97. The van der Waals surface area contributed by atoms with E-state index in [4.69, 9.17) is 5.73 Å². The average Bonchev–Trinajstić information content (AvgIpc) is 2.96. The van der Waals surface area contributed by atoms with Gasteiger partial charge < -0.3 is 15.6 Å². The summed E-state index contributed by atoms with van der Waals surface area (Å²) in [6.07, 6.45) is 0.607. The highest BCUT2D eigenvalue weighted by Gasteiger charge is 2.20. The Hall–Kier alpha value is -2.42. The van der Waals surface area contributed by atoms with E-state index in [0.29, 0.717) is 29.6 Å². The molecule has 0 saturated heterocycles. The van der Waals surface area contributed by atoms with Crippen LogP contribution in [-0.4, -0.2) is 31.8 Å². The molecule has 0 aliphatic rings. The molecule has 1 aromatic carbocycles. The molecule has 0 aliphatic carbocycles. The maximum absolute atomic E-state index is 12.9. The van der Waals surface area contributed by atoms with Gasteiger partial charge in [0.05, 0.1) is 5.25 Å². The van der Waals surface area contributed by atoms with Crippen molar-refractivity contribution in [1.82, 2.24) is 14.8 Å². The number of halogens is 1. The first kappa shape index (κ1) is 18.9. The number of rotatable bonds is 8. The van der Waals surface area contributed by atoms with Gasteiger partial charge in [-0.2, -0.15) is 0 Å². The van der Waals surface area contributed by atoms with Crippen LogP contribution in [0.4, 0.5) is 10.1 Å². The highest BCUT2D eigenvalue weighted by Crippen LogP contribution is 2.24. The Bertz CT molecular complexity index is 747. The molecule has 25 heavy (non-hydrogen) atoms. The third-order valence-electron chi connectivity index (χ3n) is 3.47. The third kappa shape index (κ3) is 5.28. The van der Waals surface area contributed by atoms with Gasteiger partial charge in [0.2, 0.25) is 11.8 Å². The summed E-state index contributed by atoms with van der Waals surface area (Å²) in [7, 11) is 0. The van der Waals surface area contributed by atoms with Crippen molar-refractivity contribution in [2.45, 2.75) is 43.6 Å². The molecular weight excluding hydrogens is 345 g/mol. The van der Waals surface area contributed by atoms with Crippen molar-refractivity contribution in [2.24, 2.45) is 5.73 Å². The summed E-state index contributed by atoms with van der Waals surface area (Å²) in [4.78, 5) is 23.2. The van der Waals surface area contributed by atoms with Crippen molar-refractivity contribution in [3.05, 3.63) is 35.9 Å². The molecule has 0 fully saturated rings. The van der Waals surface area contributed by atoms with Crippen molar-refractivity contribution in [1.29, 1.82) is 0 Å². The predicted molar refractivity (Wildman–Crippen MR) is 93.6 cm³/mol. The summed E-state index contributed by atoms with van der Waals surface area (Å²) in [5, 5.41) is 11.1. The first-order valence-electron chi connectivity index (χ1n) is 7.84. The highest BCUT2D eigenvalue weighted by molar-refractivity contribution is 8.00. The second kappa shape index (κ2) is 8.61. The number of aryl methyl sites for hydroxylation is 1. The summed E-state index contributed by atoms with van der Waals surface area (Å²) in [6.45, 7) is 4.31. The number of primary amides is 1. The molecule has 2 aromatic rings. The summed E-state index contributed by atoms with van der Waals surface area (Å²) in [5.74, 6) is -0.317. The number of hydrogen-bond acceptors (Lipinski definition) is 5. The quantitative estimate of drug-likeness (QED) is 0.696. The molecule has 0 radical (unpaired) electrons. The summed E-state index contributed by atoms with van der Waals surface area (Å²) in [5.41, 5.74) is 5.69. The Morgan fingerprint density at radius 3 is 2.60 bits per heavy atom. The van der Waals surface area contributed by atoms with Crippen LogP contribution in [0.25, 0.3) is 0 Å². The monoisotopic (exact) mass is 365 g/mol. The van der Waals surface area contributed by atoms with Gasteiger partial charge in [-0.1, -0.05) is 11.8 Å². The molecule has 134 valence electrons. The lowest BCUT2D eigenvalue weighted by Gasteiger charge is -2.12. The van der Waals surface area contributed by atoms with E-state index in [-0.39, 0.29) is 18.1 Å².